The summed E-state index contributed by atoms with van der Waals surface area (Å²) in [5.74, 6) is 1.04. The number of rotatable bonds is 4. The molecule has 0 radical (unpaired) electrons. The molecule has 0 bridgehead atoms. The third-order valence-corrected chi connectivity index (χ3v) is 6.32. The van der Waals surface area contributed by atoms with Gasteiger partial charge in [-0.1, -0.05) is 30.3 Å². The molecule has 2 heterocycles. The Hall–Kier alpha value is -2.27. The lowest BCUT2D eigenvalue weighted by molar-refractivity contribution is -0.132. The van der Waals surface area contributed by atoms with Crippen molar-refractivity contribution in [3.05, 3.63) is 47.8 Å². The molecule has 1 saturated carbocycles. The van der Waals surface area contributed by atoms with Gasteiger partial charge in [0.2, 0.25) is 5.91 Å². The van der Waals surface area contributed by atoms with Gasteiger partial charge in [-0.15, -0.1) is 0 Å². The van der Waals surface area contributed by atoms with Crippen molar-refractivity contribution in [2.45, 2.75) is 50.0 Å². The average molecular weight is 362 g/mol. The van der Waals surface area contributed by atoms with Crippen LogP contribution in [-0.4, -0.2) is 46.5 Å². The Labute approximate surface area is 160 Å². The van der Waals surface area contributed by atoms with Crippen LogP contribution in [0.25, 0.3) is 11.4 Å². The average Bonchev–Trinajstić information content (AvgIpc) is 3.50. The molecule has 1 atom stereocenters. The van der Waals surface area contributed by atoms with Crippen molar-refractivity contribution >= 4 is 5.91 Å². The molecule has 27 heavy (non-hydrogen) atoms. The van der Waals surface area contributed by atoms with Crippen LogP contribution in [0.4, 0.5) is 0 Å². The lowest BCUT2D eigenvalue weighted by atomic mass is 9.77. The van der Waals surface area contributed by atoms with E-state index in [1.54, 1.807) is 0 Å². The van der Waals surface area contributed by atoms with Gasteiger partial charge in [-0.25, -0.2) is 9.97 Å². The number of nitrogens with one attached hydrogen (secondary N) is 1. The van der Waals surface area contributed by atoms with E-state index in [4.69, 9.17) is 4.98 Å². The minimum atomic E-state index is 0.00922. The van der Waals surface area contributed by atoms with Crippen LogP contribution in [0, 0.1) is 0 Å². The second-order valence-electron chi connectivity index (χ2n) is 8.29. The van der Waals surface area contributed by atoms with E-state index in [2.05, 4.69) is 27.3 Å². The van der Waals surface area contributed by atoms with Crippen molar-refractivity contribution in [2.24, 2.45) is 0 Å². The molecule has 140 valence electrons. The fraction of sp³-hybridized carbons (Fsp3) is 0.500. The third kappa shape index (κ3) is 3.25. The second kappa shape index (κ2) is 6.71. The van der Waals surface area contributed by atoms with Crippen LogP contribution in [0.5, 0.6) is 0 Å². The van der Waals surface area contributed by atoms with E-state index in [1.165, 1.54) is 24.1 Å². The Morgan fingerprint density at radius 1 is 1.22 bits per heavy atom. The topological polar surface area (TPSA) is 58.1 Å². The maximum absolute atomic E-state index is 12.7. The number of aryl methyl sites for hydroxylation is 1. The summed E-state index contributed by atoms with van der Waals surface area (Å²) >= 11 is 0. The highest BCUT2D eigenvalue weighted by Crippen LogP contribution is 2.44. The Kier molecular flexibility index (Phi) is 4.20. The first kappa shape index (κ1) is 16.9. The predicted molar refractivity (Wildman–Crippen MR) is 104 cm³/mol. The zero-order chi connectivity index (χ0) is 18.3. The molecule has 1 aromatic heterocycles. The van der Waals surface area contributed by atoms with Gasteiger partial charge >= 0.3 is 0 Å². The number of carbonyl (C=O) groups is 1. The summed E-state index contributed by atoms with van der Waals surface area (Å²) < 4.78 is 0. The first-order valence-corrected chi connectivity index (χ1v) is 10.2. The fourth-order valence-electron chi connectivity index (χ4n) is 4.64. The van der Waals surface area contributed by atoms with Gasteiger partial charge in [-0.2, -0.15) is 0 Å². The predicted octanol–water partition coefficient (Wildman–Crippen LogP) is 2.70. The number of piperidine rings is 1. The maximum Gasteiger partial charge on any atom is 0.236 e. The molecule has 1 saturated heterocycles. The number of nitrogens with zero attached hydrogens (tertiary/aromatic N) is 3. The molecule has 2 aliphatic carbocycles. The van der Waals surface area contributed by atoms with Gasteiger partial charge in [0.25, 0.3) is 0 Å². The monoisotopic (exact) mass is 362 g/mol. The number of aromatic nitrogens is 2. The fourth-order valence-corrected chi connectivity index (χ4v) is 4.64. The summed E-state index contributed by atoms with van der Waals surface area (Å²) in [6, 6.07) is 10.7. The van der Waals surface area contributed by atoms with Crippen molar-refractivity contribution in [3.8, 4) is 11.4 Å². The van der Waals surface area contributed by atoms with Crippen LogP contribution in [0.1, 0.15) is 43.4 Å². The zero-order valence-corrected chi connectivity index (χ0v) is 15.7. The lowest BCUT2D eigenvalue weighted by Gasteiger charge is -2.40. The molecule has 5 rings (SSSR count). The maximum atomic E-state index is 12.7. The van der Waals surface area contributed by atoms with Gasteiger partial charge in [0.05, 0.1) is 12.2 Å². The van der Waals surface area contributed by atoms with Gasteiger partial charge in [-0.3, -0.25) is 4.79 Å². The summed E-state index contributed by atoms with van der Waals surface area (Å²) in [7, 11) is 0. The van der Waals surface area contributed by atoms with Crippen LogP contribution in [0.15, 0.2) is 36.5 Å². The molecule has 5 nitrogen and oxygen atoms in total. The molecule has 3 aliphatic rings. The molecular weight excluding hydrogens is 336 g/mol. The number of hydrogen-bond donors (Lipinski definition) is 1. The van der Waals surface area contributed by atoms with Gasteiger partial charge in [0, 0.05) is 36.3 Å². The number of fused-ring (bicyclic) bond motifs is 2. The van der Waals surface area contributed by atoms with Crippen LogP contribution >= 0.6 is 0 Å². The summed E-state index contributed by atoms with van der Waals surface area (Å²) in [4.78, 5) is 24.4. The highest BCUT2D eigenvalue weighted by molar-refractivity contribution is 5.78. The Bertz CT molecular complexity index is 845. The van der Waals surface area contributed by atoms with E-state index in [1.807, 2.05) is 24.4 Å². The summed E-state index contributed by atoms with van der Waals surface area (Å²) in [6.45, 7) is 2.15. The molecule has 1 aromatic carbocycles. The van der Waals surface area contributed by atoms with E-state index in [0.29, 0.717) is 12.6 Å². The van der Waals surface area contributed by atoms with E-state index in [-0.39, 0.29) is 11.3 Å². The number of likely N-dealkylation sites (tertiary alicyclic amines) is 1. The third-order valence-electron chi connectivity index (χ3n) is 6.32. The van der Waals surface area contributed by atoms with Crippen LogP contribution in [0.3, 0.4) is 0 Å². The van der Waals surface area contributed by atoms with Crippen LogP contribution in [0.2, 0.25) is 0 Å². The minimum absolute atomic E-state index is 0.00922. The van der Waals surface area contributed by atoms with Gasteiger partial charge < -0.3 is 10.2 Å². The lowest BCUT2D eigenvalue weighted by Crippen LogP contribution is -2.50. The summed E-state index contributed by atoms with van der Waals surface area (Å²) in [5.41, 5.74) is 3.51. The molecule has 2 fully saturated rings. The van der Waals surface area contributed by atoms with E-state index in [0.717, 1.165) is 50.2 Å². The van der Waals surface area contributed by atoms with Crippen molar-refractivity contribution in [1.82, 2.24) is 20.2 Å². The number of hydrogen-bond acceptors (Lipinski definition) is 4. The minimum Gasteiger partial charge on any atom is -0.341 e. The summed E-state index contributed by atoms with van der Waals surface area (Å²) in [5, 5.41) is 3.37. The van der Waals surface area contributed by atoms with Crippen molar-refractivity contribution in [3.63, 3.8) is 0 Å². The second-order valence-corrected chi connectivity index (χ2v) is 8.29. The summed E-state index contributed by atoms with van der Waals surface area (Å²) in [6.07, 6.45) is 8.70. The van der Waals surface area contributed by atoms with Crippen LogP contribution in [-0.2, 0) is 16.6 Å². The molecule has 1 N–H and O–H groups in total. The van der Waals surface area contributed by atoms with Crippen molar-refractivity contribution in [1.29, 1.82) is 0 Å². The molecule has 2 aromatic rings. The van der Waals surface area contributed by atoms with Crippen molar-refractivity contribution in [2.75, 3.05) is 19.6 Å². The molecule has 1 unspecified atom stereocenters. The quantitative estimate of drug-likeness (QED) is 0.909. The van der Waals surface area contributed by atoms with Gasteiger partial charge in [0.15, 0.2) is 5.82 Å². The van der Waals surface area contributed by atoms with E-state index in [9.17, 15) is 4.79 Å². The van der Waals surface area contributed by atoms with Crippen LogP contribution < -0.4 is 5.32 Å². The standard InChI is InChI=1S/C22H26N4O/c27-19(14-23-18-7-8-18)26-12-4-10-22(15-26)11-9-17-13-24-21(25-20(17)22)16-5-2-1-3-6-16/h1-3,5-6,13,18,23H,4,7-12,14-15H2. The molecule has 1 aliphatic heterocycles. The molecule has 5 heteroatoms. The number of benzene rings is 1. The Balaban J connectivity index is 1.40. The molecule has 1 spiro atoms. The first-order valence-electron chi connectivity index (χ1n) is 10.2. The molecule has 1 amide bonds. The number of carbonyl (C=O) groups excluding carboxylic acids is 1. The molecular formula is C22H26N4O. The highest BCUT2D eigenvalue weighted by atomic mass is 16.2. The largest absolute Gasteiger partial charge is 0.341 e. The van der Waals surface area contributed by atoms with Gasteiger partial charge in [-0.05, 0) is 44.1 Å². The van der Waals surface area contributed by atoms with E-state index >= 15 is 0 Å². The smallest absolute Gasteiger partial charge is 0.236 e. The Morgan fingerprint density at radius 3 is 2.89 bits per heavy atom. The Morgan fingerprint density at radius 2 is 2.07 bits per heavy atom. The zero-order valence-electron chi connectivity index (χ0n) is 15.7. The van der Waals surface area contributed by atoms with Crippen molar-refractivity contribution < 1.29 is 4.79 Å². The first-order chi connectivity index (χ1) is 13.2. The normalized spacial score (nSPS) is 24.2. The van der Waals surface area contributed by atoms with Gasteiger partial charge in [0.1, 0.15) is 0 Å². The highest BCUT2D eigenvalue weighted by Gasteiger charge is 2.44. The van der Waals surface area contributed by atoms with E-state index < -0.39 is 0 Å². The SMILES string of the molecule is O=C(CNC1CC1)N1CCCC2(CCc3cnc(-c4ccccc4)nc32)C1. The number of amides is 1.